The topological polar surface area (TPSA) is 92.3 Å². The van der Waals surface area contributed by atoms with E-state index in [1.165, 1.54) is 30.5 Å². The molecule has 13 heteroatoms. The molecular formula is C21H15Cl2F3N4O3S. The molecule has 0 aliphatic carbocycles. The highest BCUT2D eigenvalue weighted by Crippen LogP contribution is 2.36. The number of nitrogens with one attached hydrogen (secondary N) is 1. The fourth-order valence-corrected chi connectivity index (χ4v) is 5.64. The van der Waals surface area contributed by atoms with Crippen LogP contribution in [0.2, 0.25) is 10.0 Å². The molecule has 1 aliphatic rings. The van der Waals surface area contributed by atoms with Gasteiger partial charge < -0.3 is 0 Å². The van der Waals surface area contributed by atoms with Crippen LogP contribution in [0.5, 0.6) is 0 Å². The number of halogens is 5. The summed E-state index contributed by atoms with van der Waals surface area (Å²) >= 11 is 11.8. The maximum Gasteiger partial charge on any atom is 0.417 e. The number of carbonyl (C=O) groups excluding carboxylic acids is 1. The zero-order valence-corrected chi connectivity index (χ0v) is 19.4. The molecule has 0 radical (unpaired) electrons. The Labute approximate surface area is 202 Å². The van der Waals surface area contributed by atoms with Gasteiger partial charge in [-0.05, 0) is 30.3 Å². The van der Waals surface area contributed by atoms with Crippen LogP contribution in [-0.2, 0) is 29.2 Å². The highest BCUT2D eigenvalue weighted by Gasteiger charge is 2.39. The lowest BCUT2D eigenvalue weighted by molar-refractivity contribution is -0.139. The van der Waals surface area contributed by atoms with Gasteiger partial charge in [-0.1, -0.05) is 35.3 Å². The second-order valence-corrected chi connectivity index (χ2v) is 10.1. The maximum absolute atomic E-state index is 13.3. The van der Waals surface area contributed by atoms with E-state index in [0.29, 0.717) is 11.3 Å². The van der Waals surface area contributed by atoms with Gasteiger partial charge in [0, 0.05) is 46.9 Å². The molecule has 1 aromatic heterocycles. The molecule has 0 fully saturated rings. The van der Waals surface area contributed by atoms with E-state index in [1.807, 2.05) is 0 Å². The first-order valence-corrected chi connectivity index (χ1v) is 11.9. The van der Waals surface area contributed by atoms with E-state index in [1.54, 1.807) is 0 Å². The highest BCUT2D eigenvalue weighted by atomic mass is 35.5. The summed E-state index contributed by atoms with van der Waals surface area (Å²) < 4.78 is 67.0. The van der Waals surface area contributed by atoms with Crippen LogP contribution >= 0.6 is 23.2 Å². The van der Waals surface area contributed by atoms with Crippen molar-refractivity contribution >= 4 is 45.1 Å². The Morgan fingerprint density at radius 2 is 1.76 bits per heavy atom. The number of amides is 1. The molecule has 0 saturated carbocycles. The molecule has 3 aromatic rings. The van der Waals surface area contributed by atoms with Gasteiger partial charge in [-0.15, -0.1) is 0 Å². The Bertz CT molecular complexity index is 1360. The molecule has 0 bridgehead atoms. The largest absolute Gasteiger partial charge is 0.417 e. The van der Waals surface area contributed by atoms with Crippen molar-refractivity contribution < 1.29 is 26.4 Å². The number of rotatable bonds is 4. The Balaban J connectivity index is 1.55. The van der Waals surface area contributed by atoms with Gasteiger partial charge in [0.15, 0.2) is 0 Å². The maximum atomic E-state index is 13.3. The van der Waals surface area contributed by atoms with Gasteiger partial charge in [-0.25, -0.2) is 18.4 Å². The predicted octanol–water partition coefficient (Wildman–Crippen LogP) is 4.80. The minimum Gasteiger partial charge on any atom is -0.290 e. The zero-order chi connectivity index (χ0) is 24.7. The third-order valence-corrected chi connectivity index (χ3v) is 7.40. The molecule has 7 nitrogen and oxygen atoms in total. The molecule has 1 N–H and O–H groups in total. The SMILES string of the molecule is O=C(Nc1ncc2c(n1)CCN(S(=O)(=O)c1ccccc1C(F)(F)F)C2)c1cc(Cl)cc(Cl)c1. The van der Waals surface area contributed by atoms with Gasteiger partial charge in [0.25, 0.3) is 5.91 Å². The van der Waals surface area contributed by atoms with Crippen LogP contribution in [-0.4, -0.2) is 35.1 Å². The number of aromatic nitrogens is 2. The van der Waals surface area contributed by atoms with Gasteiger partial charge in [-0.3, -0.25) is 10.1 Å². The van der Waals surface area contributed by atoms with Crippen LogP contribution in [0.25, 0.3) is 0 Å². The molecule has 0 atom stereocenters. The molecule has 0 spiro atoms. The summed E-state index contributed by atoms with van der Waals surface area (Å²) in [7, 11) is -4.43. The fourth-order valence-electron chi connectivity index (χ4n) is 3.48. The molecule has 4 rings (SSSR count). The lowest BCUT2D eigenvalue weighted by Crippen LogP contribution is -2.37. The average molecular weight is 531 g/mol. The first-order chi connectivity index (χ1) is 15.9. The van der Waals surface area contributed by atoms with Crippen molar-refractivity contribution in [2.45, 2.75) is 24.0 Å². The number of fused-ring (bicyclic) bond motifs is 1. The van der Waals surface area contributed by atoms with E-state index < -0.39 is 32.6 Å². The van der Waals surface area contributed by atoms with E-state index in [4.69, 9.17) is 23.2 Å². The summed E-state index contributed by atoms with van der Waals surface area (Å²) in [5.74, 6) is -0.563. The van der Waals surface area contributed by atoms with Crippen LogP contribution in [0.4, 0.5) is 19.1 Å². The fraction of sp³-hybridized carbons (Fsp3) is 0.190. The van der Waals surface area contributed by atoms with E-state index in [-0.39, 0.29) is 41.1 Å². The van der Waals surface area contributed by atoms with E-state index in [2.05, 4.69) is 15.3 Å². The Morgan fingerprint density at radius 3 is 2.44 bits per heavy atom. The van der Waals surface area contributed by atoms with E-state index in [9.17, 15) is 26.4 Å². The first kappa shape index (κ1) is 24.4. The lowest BCUT2D eigenvalue weighted by Gasteiger charge is -2.28. The van der Waals surface area contributed by atoms with Crippen LogP contribution in [0, 0.1) is 0 Å². The van der Waals surface area contributed by atoms with Crippen LogP contribution in [0.15, 0.2) is 53.6 Å². The number of hydrogen-bond donors (Lipinski definition) is 1. The Kier molecular flexibility index (Phi) is 6.56. The molecule has 2 heterocycles. The molecule has 1 amide bonds. The van der Waals surface area contributed by atoms with Gasteiger partial charge in [0.05, 0.1) is 16.2 Å². The molecule has 34 heavy (non-hydrogen) atoms. The number of hydrogen-bond acceptors (Lipinski definition) is 5. The third kappa shape index (κ3) is 5.02. The predicted molar refractivity (Wildman–Crippen MR) is 119 cm³/mol. The number of benzene rings is 2. The average Bonchev–Trinajstić information content (AvgIpc) is 2.77. The lowest BCUT2D eigenvalue weighted by atomic mass is 10.1. The highest BCUT2D eigenvalue weighted by molar-refractivity contribution is 7.89. The Hall–Kier alpha value is -2.73. The van der Waals surface area contributed by atoms with Crippen molar-refractivity contribution in [2.24, 2.45) is 0 Å². The second kappa shape index (κ2) is 9.14. The minimum atomic E-state index is -4.82. The van der Waals surface area contributed by atoms with Crippen molar-refractivity contribution in [3.05, 3.63) is 81.1 Å². The van der Waals surface area contributed by atoms with Crippen molar-refractivity contribution in [3.8, 4) is 0 Å². The summed E-state index contributed by atoms with van der Waals surface area (Å²) in [5, 5.41) is 3.07. The molecule has 0 saturated heterocycles. The Morgan fingerprint density at radius 1 is 1.09 bits per heavy atom. The monoisotopic (exact) mass is 530 g/mol. The molecular weight excluding hydrogens is 516 g/mol. The van der Waals surface area contributed by atoms with Crippen molar-refractivity contribution in [2.75, 3.05) is 11.9 Å². The number of nitrogens with zero attached hydrogens (tertiary/aromatic N) is 3. The van der Waals surface area contributed by atoms with E-state index >= 15 is 0 Å². The number of carbonyl (C=O) groups is 1. The summed E-state index contributed by atoms with van der Waals surface area (Å²) in [4.78, 5) is 19.9. The zero-order valence-electron chi connectivity index (χ0n) is 17.1. The van der Waals surface area contributed by atoms with Crippen LogP contribution < -0.4 is 5.32 Å². The summed E-state index contributed by atoms with van der Waals surface area (Å²) in [5.41, 5.74) is -0.135. The van der Waals surface area contributed by atoms with Crippen molar-refractivity contribution in [1.82, 2.24) is 14.3 Å². The van der Waals surface area contributed by atoms with Gasteiger partial charge >= 0.3 is 6.18 Å². The quantitative estimate of drug-likeness (QED) is 0.522. The second-order valence-electron chi connectivity index (χ2n) is 7.36. The number of sulfonamides is 1. The summed E-state index contributed by atoms with van der Waals surface area (Å²) in [6, 6.07) is 8.36. The minimum absolute atomic E-state index is 0.0152. The molecule has 178 valence electrons. The smallest absolute Gasteiger partial charge is 0.290 e. The summed E-state index contributed by atoms with van der Waals surface area (Å²) in [6.45, 7) is -0.294. The van der Waals surface area contributed by atoms with Crippen molar-refractivity contribution in [3.63, 3.8) is 0 Å². The molecule has 2 aromatic carbocycles. The van der Waals surface area contributed by atoms with Gasteiger partial charge in [0.2, 0.25) is 16.0 Å². The van der Waals surface area contributed by atoms with E-state index in [0.717, 1.165) is 22.5 Å². The number of alkyl halides is 3. The van der Waals surface area contributed by atoms with Gasteiger partial charge in [0.1, 0.15) is 0 Å². The summed E-state index contributed by atoms with van der Waals surface area (Å²) in [6.07, 6.45) is -3.36. The molecule has 1 aliphatic heterocycles. The van der Waals surface area contributed by atoms with Crippen LogP contribution in [0.3, 0.4) is 0 Å². The standard InChI is InChI=1S/C21H15Cl2F3N4O3S/c22-14-7-12(8-15(23)9-14)19(31)29-20-27-10-13-11-30(6-5-17(13)28-20)34(32,33)18-4-2-1-3-16(18)21(24,25)26/h1-4,7-10H,5-6,11H2,(H,27,28,29,31). The normalized spacial score (nSPS) is 14.5. The van der Waals surface area contributed by atoms with Crippen LogP contribution in [0.1, 0.15) is 27.2 Å². The third-order valence-electron chi connectivity index (χ3n) is 5.06. The number of anilines is 1. The van der Waals surface area contributed by atoms with Gasteiger partial charge in [-0.2, -0.15) is 17.5 Å². The molecule has 0 unspecified atom stereocenters. The first-order valence-electron chi connectivity index (χ1n) is 9.74. The van der Waals surface area contributed by atoms with Crippen molar-refractivity contribution in [1.29, 1.82) is 0 Å².